The molecule has 2 rings (SSSR count). The molecule has 0 saturated heterocycles. The first-order chi connectivity index (χ1) is 10.3. The zero-order valence-corrected chi connectivity index (χ0v) is 12.7. The average molecular weight is 282 g/mol. The summed E-state index contributed by atoms with van der Waals surface area (Å²) < 4.78 is 0. The fraction of sp³-hybridized carbons (Fsp3) is 0.278. The van der Waals surface area contributed by atoms with Crippen LogP contribution in [0, 0.1) is 0 Å². The Kier molecular flexibility index (Phi) is 5.38. The Morgan fingerprint density at radius 1 is 1.00 bits per heavy atom. The SMILES string of the molecule is CCCNc1ccccc1C(=O)N(CC)c1ccccc1. The zero-order valence-electron chi connectivity index (χ0n) is 12.7. The van der Waals surface area contributed by atoms with Crippen molar-refractivity contribution in [3.05, 3.63) is 60.2 Å². The van der Waals surface area contributed by atoms with E-state index in [1.54, 1.807) is 4.90 Å². The summed E-state index contributed by atoms with van der Waals surface area (Å²) in [5, 5.41) is 3.33. The first kappa shape index (κ1) is 15.1. The molecule has 0 atom stereocenters. The van der Waals surface area contributed by atoms with Crippen LogP contribution in [0.1, 0.15) is 30.6 Å². The van der Waals surface area contributed by atoms with E-state index in [2.05, 4.69) is 12.2 Å². The molecule has 0 fully saturated rings. The van der Waals surface area contributed by atoms with Gasteiger partial charge in [-0.3, -0.25) is 4.79 Å². The van der Waals surface area contributed by atoms with Gasteiger partial charge in [-0.05, 0) is 37.6 Å². The van der Waals surface area contributed by atoms with Crippen molar-refractivity contribution in [3.63, 3.8) is 0 Å². The fourth-order valence-electron chi connectivity index (χ4n) is 2.28. The topological polar surface area (TPSA) is 32.3 Å². The van der Waals surface area contributed by atoms with E-state index in [-0.39, 0.29) is 5.91 Å². The van der Waals surface area contributed by atoms with Crippen LogP contribution in [0.2, 0.25) is 0 Å². The van der Waals surface area contributed by atoms with Crippen molar-refractivity contribution in [1.29, 1.82) is 0 Å². The Bertz CT molecular complexity index is 581. The van der Waals surface area contributed by atoms with Gasteiger partial charge in [-0.25, -0.2) is 0 Å². The fourth-order valence-corrected chi connectivity index (χ4v) is 2.28. The van der Waals surface area contributed by atoms with E-state index in [1.807, 2.05) is 61.5 Å². The third kappa shape index (κ3) is 3.63. The predicted molar refractivity (Wildman–Crippen MR) is 89.0 cm³/mol. The average Bonchev–Trinajstić information content (AvgIpc) is 2.55. The number of hydrogen-bond donors (Lipinski definition) is 1. The number of amides is 1. The highest BCUT2D eigenvalue weighted by Gasteiger charge is 2.18. The summed E-state index contributed by atoms with van der Waals surface area (Å²) in [4.78, 5) is 14.6. The van der Waals surface area contributed by atoms with Gasteiger partial charge in [-0.15, -0.1) is 0 Å². The molecule has 21 heavy (non-hydrogen) atoms. The van der Waals surface area contributed by atoms with Crippen LogP contribution in [0.25, 0.3) is 0 Å². The minimum absolute atomic E-state index is 0.0305. The molecule has 2 aromatic carbocycles. The highest BCUT2D eigenvalue weighted by atomic mass is 16.2. The number of nitrogens with one attached hydrogen (secondary N) is 1. The lowest BCUT2D eigenvalue weighted by atomic mass is 10.1. The maximum absolute atomic E-state index is 12.8. The number of nitrogens with zero attached hydrogens (tertiary/aromatic N) is 1. The van der Waals surface area contributed by atoms with Gasteiger partial charge in [0.1, 0.15) is 0 Å². The first-order valence-electron chi connectivity index (χ1n) is 7.47. The van der Waals surface area contributed by atoms with Gasteiger partial charge in [0.15, 0.2) is 0 Å². The van der Waals surface area contributed by atoms with E-state index in [0.717, 1.165) is 29.9 Å². The Morgan fingerprint density at radius 3 is 2.33 bits per heavy atom. The van der Waals surface area contributed by atoms with E-state index in [1.165, 1.54) is 0 Å². The van der Waals surface area contributed by atoms with E-state index < -0.39 is 0 Å². The number of benzene rings is 2. The second kappa shape index (κ2) is 7.48. The number of carbonyl (C=O) groups is 1. The second-order valence-electron chi connectivity index (χ2n) is 4.86. The van der Waals surface area contributed by atoms with E-state index in [0.29, 0.717) is 6.54 Å². The van der Waals surface area contributed by atoms with Gasteiger partial charge in [-0.2, -0.15) is 0 Å². The molecule has 0 spiro atoms. The van der Waals surface area contributed by atoms with Crippen molar-refractivity contribution >= 4 is 17.3 Å². The van der Waals surface area contributed by atoms with Crippen molar-refractivity contribution in [2.45, 2.75) is 20.3 Å². The largest absolute Gasteiger partial charge is 0.384 e. The van der Waals surface area contributed by atoms with Crippen molar-refractivity contribution < 1.29 is 4.79 Å². The summed E-state index contributed by atoms with van der Waals surface area (Å²) in [6.07, 6.45) is 1.03. The molecule has 3 nitrogen and oxygen atoms in total. The molecule has 0 heterocycles. The molecule has 1 N–H and O–H groups in total. The Balaban J connectivity index is 2.30. The monoisotopic (exact) mass is 282 g/mol. The summed E-state index contributed by atoms with van der Waals surface area (Å²) in [7, 11) is 0. The van der Waals surface area contributed by atoms with Crippen LogP contribution in [0.3, 0.4) is 0 Å². The molecule has 0 aliphatic rings. The third-order valence-corrected chi connectivity index (χ3v) is 3.35. The molecule has 0 aromatic heterocycles. The molecule has 110 valence electrons. The van der Waals surface area contributed by atoms with E-state index in [9.17, 15) is 4.79 Å². The predicted octanol–water partition coefficient (Wildman–Crippen LogP) is 4.18. The van der Waals surface area contributed by atoms with E-state index >= 15 is 0 Å². The van der Waals surface area contributed by atoms with Crippen LogP contribution in [-0.2, 0) is 0 Å². The summed E-state index contributed by atoms with van der Waals surface area (Å²) in [6, 6.07) is 17.5. The Hall–Kier alpha value is -2.29. The smallest absolute Gasteiger partial charge is 0.260 e. The Morgan fingerprint density at radius 2 is 1.67 bits per heavy atom. The lowest BCUT2D eigenvalue weighted by molar-refractivity contribution is 0.0989. The number of carbonyl (C=O) groups excluding carboxylic acids is 1. The molecule has 0 radical (unpaired) electrons. The highest BCUT2D eigenvalue weighted by Crippen LogP contribution is 2.21. The van der Waals surface area contributed by atoms with Gasteiger partial charge >= 0.3 is 0 Å². The first-order valence-corrected chi connectivity index (χ1v) is 7.47. The minimum atomic E-state index is 0.0305. The van der Waals surface area contributed by atoms with Crippen LogP contribution in [0.5, 0.6) is 0 Å². The second-order valence-corrected chi connectivity index (χ2v) is 4.86. The molecular formula is C18H22N2O. The van der Waals surface area contributed by atoms with Gasteiger partial charge in [0.2, 0.25) is 0 Å². The molecule has 2 aromatic rings. The van der Waals surface area contributed by atoms with Crippen LogP contribution in [-0.4, -0.2) is 19.0 Å². The molecule has 1 amide bonds. The summed E-state index contributed by atoms with van der Waals surface area (Å²) in [6.45, 7) is 5.61. The lowest BCUT2D eigenvalue weighted by Crippen LogP contribution is -2.31. The van der Waals surface area contributed by atoms with Crippen molar-refractivity contribution in [1.82, 2.24) is 0 Å². The number of anilines is 2. The standard InChI is InChI=1S/C18H22N2O/c1-3-14-19-17-13-9-8-12-16(17)18(21)20(4-2)15-10-6-5-7-11-15/h5-13,19H,3-4,14H2,1-2H3. The van der Waals surface area contributed by atoms with Crippen molar-refractivity contribution in [2.75, 3.05) is 23.3 Å². The molecule has 0 aliphatic heterocycles. The molecule has 0 saturated carbocycles. The van der Waals surface area contributed by atoms with Gasteiger partial charge in [0, 0.05) is 24.5 Å². The van der Waals surface area contributed by atoms with Crippen molar-refractivity contribution in [3.8, 4) is 0 Å². The number of hydrogen-bond acceptors (Lipinski definition) is 2. The molecular weight excluding hydrogens is 260 g/mol. The minimum Gasteiger partial charge on any atom is -0.384 e. The normalized spacial score (nSPS) is 10.2. The lowest BCUT2D eigenvalue weighted by Gasteiger charge is -2.22. The highest BCUT2D eigenvalue weighted by molar-refractivity contribution is 6.09. The van der Waals surface area contributed by atoms with Gasteiger partial charge in [0.25, 0.3) is 5.91 Å². The van der Waals surface area contributed by atoms with E-state index in [4.69, 9.17) is 0 Å². The molecule has 0 bridgehead atoms. The van der Waals surface area contributed by atoms with Crippen molar-refractivity contribution in [2.24, 2.45) is 0 Å². The quantitative estimate of drug-likeness (QED) is 0.862. The number of para-hydroxylation sites is 2. The molecule has 0 aliphatic carbocycles. The van der Waals surface area contributed by atoms with Crippen LogP contribution in [0.4, 0.5) is 11.4 Å². The van der Waals surface area contributed by atoms with Crippen LogP contribution in [0.15, 0.2) is 54.6 Å². The third-order valence-electron chi connectivity index (χ3n) is 3.35. The van der Waals surface area contributed by atoms with Gasteiger partial charge in [-0.1, -0.05) is 37.3 Å². The summed E-state index contributed by atoms with van der Waals surface area (Å²) >= 11 is 0. The van der Waals surface area contributed by atoms with Gasteiger partial charge in [0.05, 0.1) is 5.56 Å². The molecule has 0 unspecified atom stereocenters. The van der Waals surface area contributed by atoms with Crippen LogP contribution < -0.4 is 10.2 Å². The number of rotatable bonds is 6. The summed E-state index contributed by atoms with van der Waals surface area (Å²) in [5.74, 6) is 0.0305. The Labute approximate surface area is 126 Å². The maximum atomic E-state index is 12.8. The zero-order chi connectivity index (χ0) is 15.1. The van der Waals surface area contributed by atoms with Gasteiger partial charge < -0.3 is 10.2 Å². The maximum Gasteiger partial charge on any atom is 0.260 e. The van der Waals surface area contributed by atoms with Crippen LogP contribution >= 0.6 is 0 Å². The summed E-state index contributed by atoms with van der Waals surface area (Å²) in [5.41, 5.74) is 2.55. The molecule has 3 heteroatoms.